The van der Waals surface area contributed by atoms with Crippen molar-refractivity contribution < 1.29 is 21.6 Å². The molecule has 0 heterocycles. The molecule has 0 amide bonds. The molecule has 0 saturated carbocycles. The Balaban J connectivity index is 3.31. The number of nitro benzene ring substituents is 1. The van der Waals surface area contributed by atoms with E-state index in [1.807, 2.05) is 0 Å². The second-order valence-corrected chi connectivity index (χ2v) is 6.67. The molecule has 7 nitrogen and oxygen atoms in total. The van der Waals surface area contributed by atoms with Gasteiger partial charge in [-0.15, -0.1) is 0 Å². The normalized spacial score (nSPS) is 14.5. The number of nitro groups is 1. The third-order valence-electron chi connectivity index (χ3n) is 1.73. The number of aromatic hydroxyl groups is 1. The molecule has 1 unspecified atom stereocenters. The van der Waals surface area contributed by atoms with Gasteiger partial charge in [0.25, 0.3) is 0 Å². The standard InChI is InChI=1S/C7H8AsNO6/c1-15-8(11,12)5-2-3-7(10)6(4-5)9(13)14/h2-4,10H,1H3,(H,11,12). The van der Waals surface area contributed by atoms with Crippen molar-refractivity contribution in [1.29, 1.82) is 0 Å². The number of hydrogen-bond donors (Lipinski definition) is 2. The Morgan fingerprint density at radius 1 is 1.53 bits per heavy atom. The van der Waals surface area contributed by atoms with Crippen molar-refractivity contribution in [3.05, 3.63) is 28.3 Å². The summed E-state index contributed by atoms with van der Waals surface area (Å²) in [4.78, 5) is 9.59. The van der Waals surface area contributed by atoms with Gasteiger partial charge < -0.3 is 0 Å². The first-order valence-corrected chi connectivity index (χ1v) is 7.06. The van der Waals surface area contributed by atoms with Gasteiger partial charge in [-0.2, -0.15) is 0 Å². The second-order valence-electron chi connectivity index (χ2n) is 2.63. The molecule has 0 aliphatic carbocycles. The van der Waals surface area contributed by atoms with E-state index in [2.05, 4.69) is 3.73 Å². The van der Waals surface area contributed by atoms with Crippen molar-refractivity contribution in [2.45, 2.75) is 0 Å². The maximum atomic E-state index is 11.4. The molecule has 1 aromatic carbocycles. The zero-order chi connectivity index (χ0) is 11.6. The molecule has 1 aromatic rings. The van der Waals surface area contributed by atoms with Crippen LogP contribution in [0.5, 0.6) is 5.75 Å². The number of nitrogens with zero attached hydrogens (tertiary/aromatic N) is 1. The van der Waals surface area contributed by atoms with Gasteiger partial charge in [0.15, 0.2) is 0 Å². The van der Waals surface area contributed by atoms with E-state index in [-0.39, 0.29) is 4.35 Å². The van der Waals surface area contributed by atoms with Crippen LogP contribution in [0.25, 0.3) is 0 Å². The molecule has 2 N–H and O–H groups in total. The van der Waals surface area contributed by atoms with Crippen LogP contribution in [0.15, 0.2) is 18.2 Å². The molecule has 0 aliphatic rings. The zero-order valence-corrected chi connectivity index (χ0v) is 9.53. The fourth-order valence-electron chi connectivity index (χ4n) is 0.939. The van der Waals surface area contributed by atoms with E-state index in [1.165, 1.54) is 0 Å². The molecule has 1 atom stereocenters. The molecular weight excluding hydrogens is 269 g/mol. The van der Waals surface area contributed by atoms with E-state index in [0.717, 1.165) is 25.3 Å². The van der Waals surface area contributed by atoms with Gasteiger partial charge in [0.2, 0.25) is 0 Å². The Bertz CT molecular complexity index is 445. The third kappa shape index (κ3) is 2.38. The van der Waals surface area contributed by atoms with Crippen LogP contribution in [0, 0.1) is 10.1 Å². The maximum absolute atomic E-state index is 11.4. The quantitative estimate of drug-likeness (QED) is 0.438. The number of benzene rings is 1. The number of rotatable bonds is 3. The third-order valence-corrected chi connectivity index (χ3v) is 4.72. The molecule has 8 heteroatoms. The van der Waals surface area contributed by atoms with Gasteiger partial charge in [0.1, 0.15) is 0 Å². The molecule has 15 heavy (non-hydrogen) atoms. The van der Waals surface area contributed by atoms with Gasteiger partial charge in [0.05, 0.1) is 0 Å². The molecule has 0 radical (unpaired) electrons. The van der Waals surface area contributed by atoms with Crippen molar-refractivity contribution >= 4 is 24.2 Å². The zero-order valence-electron chi connectivity index (χ0n) is 7.65. The van der Waals surface area contributed by atoms with Crippen molar-refractivity contribution in [2.24, 2.45) is 0 Å². The van der Waals surface area contributed by atoms with E-state index in [0.29, 0.717) is 0 Å². The minimum absolute atomic E-state index is 0.180. The summed E-state index contributed by atoms with van der Waals surface area (Å²) in [6, 6.07) is 2.93. The van der Waals surface area contributed by atoms with Crippen molar-refractivity contribution in [3.63, 3.8) is 0 Å². The van der Waals surface area contributed by atoms with Gasteiger partial charge >= 0.3 is 87.0 Å². The Kier molecular flexibility index (Phi) is 3.18. The minimum atomic E-state index is -4.67. The van der Waals surface area contributed by atoms with Gasteiger partial charge in [0, 0.05) is 0 Å². The Morgan fingerprint density at radius 3 is 2.60 bits per heavy atom. The summed E-state index contributed by atoms with van der Waals surface area (Å²) < 4.78 is 24.8. The molecule has 0 aliphatic heterocycles. The second kappa shape index (κ2) is 4.06. The van der Waals surface area contributed by atoms with Crippen LogP contribution in [-0.2, 0) is 7.47 Å². The molecule has 0 spiro atoms. The SMILES string of the molecule is CO[As](=O)(O)c1ccc(O)c([N+](=O)[O-])c1. The van der Waals surface area contributed by atoms with Gasteiger partial charge in [-0.25, -0.2) is 0 Å². The Labute approximate surface area is 87.4 Å². The molecular formula is C7H8AsNO6. The van der Waals surface area contributed by atoms with Crippen LogP contribution in [0.1, 0.15) is 0 Å². The van der Waals surface area contributed by atoms with Gasteiger partial charge in [-0.1, -0.05) is 0 Å². The summed E-state index contributed by atoms with van der Waals surface area (Å²) >= 11 is -4.67. The fourth-order valence-corrected chi connectivity index (χ4v) is 2.53. The molecule has 0 fully saturated rings. The van der Waals surface area contributed by atoms with Crippen molar-refractivity contribution in [1.82, 2.24) is 0 Å². The number of phenols is 1. The monoisotopic (exact) mass is 277 g/mol. The van der Waals surface area contributed by atoms with Crippen LogP contribution in [-0.4, -0.2) is 35.4 Å². The fraction of sp³-hybridized carbons (Fsp3) is 0.143. The molecule has 0 bridgehead atoms. The summed E-state index contributed by atoms with van der Waals surface area (Å²) in [6.07, 6.45) is 0. The topological polar surface area (TPSA) is 110 Å². The predicted octanol–water partition coefficient (Wildman–Crippen LogP) is -0.485. The molecule has 0 saturated heterocycles. The average molecular weight is 277 g/mol. The molecule has 0 aromatic heterocycles. The Morgan fingerprint density at radius 2 is 2.13 bits per heavy atom. The first-order chi connectivity index (χ1) is 6.88. The molecule has 1 rings (SSSR count). The van der Waals surface area contributed by atoms with E-state index >= 15 is 0 Å². The van der Waals surface area contributed by atoms with Gasteiger partial charge in [-0.05, 0) is 0 Å². The first-order valence-electron chi connectivity index (χ1n) is 3.75. The summed E-state index contributed by atoms with van der Waals surface area (Å²) in [5.41, 5.74) is -0.625. The van der Waals surface area contributed by atoms with Crippen LogP contribution in [0.2, 0.25) is 0 Å². The predicted molar refractivity (Wildman–Crippen MR) is 50.1 cm³/mol. The van der Waals surface area contributed by atoms with E-state index < -0.39 is 30.5 Å². The summed E-state index contributed by atoms with van der Waals surface area (Å²) in [6.45, 7) is 0. The first kappa shape index (κ1) is 11.8. The summed E-state index contributed by atoms with van der Waals surface area (Å²) in [7, 11) is 1.04. The molecule has 82 valence electrons. The van der Waals surface area contributed by atoms with Crippen LogP contribution in [0.4, 0.5) is 5.69 Å². The van der Waals surface area contributed by atoms with E-state index in [1.54, 1.807) is 0 Å². The van der Waals surface area contributed by atoms with Crippen LogP contribution >= 0.6 is 0 Å². The van der Waals surface area contributed by atoms with Crippen LogP contribution in [0.3, 0.4) is 0 Å². The summed E-state index contributed by atoms with van der Waals surface area (Å²) in [5.74, 6) is -0.560. The van der Waals surface area contributed by atoms with E-state index in [9.17, 15) is 17.9 Å². The van der Waals surface area contributed by atoms with Crippen LogP contribution < -0.4 is 4.35 Å². The Hall–Kier alpha value is -1.30. The van der Waals surface area contributed by atoms with Gasteiger partial charge in [-0.3, -0.25) is 0 Å². The van der Waals surface area contributed by atoms with Crippen molar-refractivity contribution in [3.8, 4) is 5.75 Å². The van der Waals surface area contributed by atoms with E-state index in [4.69, 9.17) is 5.11 Å². The number of hydrogen-bond acceptors (Lipinski definition) is 5. The van der Waals surface area contributed by atoms with Crippen molar-refractivity contribution in [2.75, 3.05) is 7.11 Å². The summed E-state index contributed by atoms with van der Waals surface area (Å²) in [5, 5.41) is 19.5. The number of phenolic OH excluding ortho intramolecular Hbond substituents is 1. The average Bonchev–Trinajstić information content (AvgIpc) is 2.17.